The van der Waals surface area contributed by atoms with E-state index in [4.69, 9.17) is 0 Å². The Morgan fingerprint density at radius 2 is 1.68 bits per heavy atom. The highest BCUT2D eigenvalue weighted by molar-refractivity contribution is 7.17. The number of halogens is 1. The average molecular weight is 439 g/mol. The van der Waals surface area contributed by atoms with Gasteiger partial charge in [-0.15, -0.1) is 11.3 Å². The van der Waals surface area contributed by atoms with E-state index in [0.717, 1.165) is 79.0 Å². The van der Waals surface area contributed by atoms with Gasteiger partial charge in [0, 0.05) is 43.0 Å². The zero-order chi connectivity index (χ0) is 21.2. The molecule has 0 bridgehead atoms. The second-order valence-electron chi connectivity index (χ2n) is 8.53. The van der Waals surface area contributed by atoms with Crippen LogP contribution in [0.3, 0.4) is 0 Å². The van der Waals surface area contributed by atoms with Crippen molar-refractivity contribution in [3.05, 3.63) is 41.8 Å². The molecule has 31 heavy (non-hydrogen) atoms. The van der Waals surface area contributed by atoms with Gasteiger partial charge in [0.25, 0.3) is 0 Å². The van der Waals surface area contributed by atoms with Crippen molar-refractivity contribution in [1.29, 1.82) is 0 Å². The van der Waals surface area contributed by atoms with Crippen LogP contribution in [-0.4, -0.2) is 47.0 Å². The van der Waals surface area contributed by atoms with Crippen LogP contribution in [0.25, 0.3) is 21.3 Å². The zero-order valence-electron chi connectivity index (χ0n) is 17.6. The largest absolute Gasteiger partial charge is 0.356 e. The number of likely N-dealkylation sites (tertiary alicyclic amines) is 1. The number of carbonyl (C=O) groups is 1. The molecule has 0 saturated carbocycles. The minimum absolute atomic E-state index is 0.116. The molecule has 2 aromatic heterocycles. The van der Waals surface area contributed by atoms with E-state index in [-0.39, 0.29) is 11.7 Å². The Hall–Kier alpha value is -2.54. The topological polar surface area (TPSA) is 49.3 Å². The normalized spacial score (nSPS) is 18.4. The van der Waals surface area contributed by atoms with Gasteiger partial charge >= 0.3 is 0 Å². The maximum absolute atomic E-state index is 13.4. The van der Waals surface area contributed by atoms with Gasteiger partial charge in [0.2, 0.25) is 5.91 Å². The molecule has 0 unspecified atom stereocenters. The Bertz CT molecular complexity index is 1050. The smallest absolute Gasteiger partial charge is 0.225 e. The van der Waals surface area contributed by atoms with Crippen molar-refractivity contribution < 1.29 is 9.18 Å². The van der Waals surface area contributed by atoms with Crippen molar-refractivity contribution in [2.24, 2.45) is 5.92 Å². The van der Waals surface area contributed by atoms with Crippen molar-refractivity contribution in [2.45, 2.75) is 38.5 Å². The Morgan fingerprint density at radius 3 is 2.39 bits per heavy atom. The second kappa shape index (κ2) is 8.91. The van der Waals surface area contributed by atoms with Crippen LogP contribution in [0.2, 0.25) is 0 Å². The fourth-order valence-electron chi connectivity index (χ4n) is 4.83. The summed E-state index contributed by atoms with van der Waals surface area (Å²) in [6, 6.07) is 6.59. The van der Waals surface area contributed by atoms with Gasteiger partial charge in [0.15, 0.2) is 0 Å². The first kappa shape index (κ1) is 20.4. The summed E-state index contributed by atoms with van der Waals surface area (Å²) in [5.41, 5.74) is 2.01. The molecule has 4 heterocycles. The molecule has 1 aromatic carbocycles. The van der Waals surface area contributed by atoms with E-state index < -0.39 is 0 Å². The lowest BCUT2D eigenvalue weighted by atomic mass is 9.94. The molecule has 2 fully saturated rings. The summed E-state index contributed by atoms with van der Waals surface area (Å²) in [6.45, 7) is 3.47. The van der Waals surface area contributed by atoms with E-state index in [1.54, 1.807) is 29.8 Å². The summed E-state index contributed by atoms with van der Waals surface area (Å²) < 4.78 is 13.4. The number of amides is 1. The molecule has 1 amide bonds. The first-order valence-corrected chi connectivity index (χ1v) is 12.1. The van der Waals surface area contributed by atoms with E-state index in [1.165, 1.54) is 25.0 Å². The van der Waals surface area contributed by atoms with Crippen molar-refractivity contribution in [1.82, 2.24) is 14.9 Å². The predicted molar refractivity (Wildman–Crippen MR) is 123 cm³/mol. The van der Waals surface area contributed by atoms with Crippen LogP contribution in [0, 0.1) is 11.7 Å². The number of nitrogens with zero attached hydrogens (tertiary/aromatic N) is 4. The second-order valence-corrected chi connectivity index (χ2v) is 9.39. The van der Waals surface area contributed by atoms with Gasteiger partial charge in [-0.25, -0.2) is 14.4 Å². The third-order valence-electron chi connectivity index (χ3n) is 6.57. The number of piperidine rings is 1. The lowest BCUT2D eigenvalue weighted by Crippen LogP contribution is -2.43. The molecular weight excluding hydrogens is 411 g/mol. The predicted octanol–water partition coefficient (Wildman–Crippen LogP) is 5.12. The summed E-state index contributed by atoms with van der Waals surface area (Å²) >= 11 is 1.59. The highest BCUT2D eigenvalue weighted by Gasteiger charge is 2.30. The maximum Gasteiger partial charge on any atom is 0.225 e. The number of hydrogen-bond donors (Lipinski definition) is 0. The van der Waals surface area contributed by atoms with Crippen LogP contribution >= 0.6 is 11.3 Å². The van der Waals surface area contributed by atoms with E-state index in [9.17, 15) is 9.18 Å². The van der Waals surface area contributed by atoms with Crippen molar-refractivity contribution in [3.63, 3.8) is 0 Å². The molecule has 162 valence electrons. The number of fused-ring (bicyclic) bond motifs is 1. The number of hydrogen-bond acceptors (Lipinski definition) is 5. The van der Waals surface area contributed by atoms with Gasteiger partial charge in [0.1, 0.15) is 22.8 Å². The van der Waals surface area contributed by atoms with Crippen molar-refractivity contribution >= 4 is 33.3 Å². The van der Waals surface area contributed by atoms with E-state index >= 15 is 0 Å². The zero-order valence-corrected chi connectivity index (χ0v) is 18.4. The van der Waals surface area contributed by atoms with E-state index in [0.29, 0.717) is 5.91 Å². The molecule has 0 atom stereocenters. The minimum atomic E-state index is -0.240. The SMILES string of the molecule is O=C(C1CCN(c2ncnc3scc(-c4ccc(F)cc4)c23)CC1)N1CCCCCC1. The lowest BCUT2D eigenvalue weighted by Gasteiger charge is -2.35. The third kappa shape index (κ3) is 4.15. The van der Waals surface area contributed by atoms with Gasteiger partial charge in [0.05, 0.1) is 5.39 Å². The van der Waals surface area contributed by atoms with Crippen LogP contribution in [0.5, 0.6) is 0 Å². The first-order chi connectivity index (χ1) is 15.2. The quantitative estimate of drug-likeness (QED) is 0.570. The molecule has 7 heteroatoms. The molecule has 0 radical (unpaired) electrons. The third-order valence-corrected chi connectivity index (χ3v) is 7.45. The molecule has 2 saturated heterocycles. The minimum Gasteiger partial charge on any atom is -0.356 e. The molecule has 0 N–H and O–H groups in total. The standard InChI is InChI=1S/C24H27FN4OS/c25-19-7-5-17(6-8-19)20-15-31-23-21(20)22(26-16-27-23)28-13-9-18(10-14-28)24(30)29-11-3-1-2-4-12-29/h5-8,15-16,18H,1-4,9-14H2. The Labute approximate surface area is 185 Å². The molecule has 0 aliphatic carbocycles. The summed E-state index contributed by atoms with van der Waals surface area (Å²) in [4.78, 5) is 27.5. The number of anilines is 1. The molecule has 2 aliphatic rings. The van der Waals surface area contributed by atoms with Crippen molar-refractivity contribution in [2.75, 3.05) is 31.1 Å². The van der Waals surface area contributed by atoms with Gasteiger partial charge in [-0.05, 0) is 43.4 Å². The van der Waals surface area contributed by atoms with Crippen LogP contribution in [0.15, 0.2) is 36.0 Å². The molecule has 0 spiro atoms. The lowest BCUT2D eigenvalue weighted by molar-refractivity contribution is -0.136. The van der Waals surface area contributed by atoms with Gasteiger partial charge < -0.3 is 9.80 Å². The molecule has 2 aliphatic heterocycles. The summed E-state index contributed by atoms with van der Waals surface area (Å²) in [7, 11) is 0. The van der Waals surface area contributed by atoms with Crippen LogP contribution < -0.4 is 4.90 Å². The molecular formula is C24H27FN4OS. The fraction of sp³-hybridized carbons (Fsp3) is 0.458. The number of thiophene rings is 1. The maximum atomic E-state index is 13.4. The summed E-state index contributed by atoms with van der Waals surface area (Å²) in [5, 5.41) is 3.10. The number of rotatable bonds is 3. The monoisotopic (exact) mass is 438 g/mol. The average Bonchev–Trinajstić information content (AvgIpc) is 3.06. The van der Waals surface area contributed by atoms with E-state index in [2.05, 4.69) is 25.1 Å². The van der Waals surface area contributed by atoms with Gasteiger partial charge in [-0.2, -0.15) is 0 Å². The van der Waals surface area contributed by atoms with Gasteiger partial charge in [-0.3, -0.25) is 4.79 Å². The molecule has 5 rings (SSSR count). The van der Waals surface area contributed by atoms with Crippen LogP contribution in [0.1, 0.15) is 38.5 Å². The van der Waals surface area contributed by atoms with Gasteiger partial charge in [-0.1, -0.05) is 25.0 Å². The first-order valence-electron chi connectivity index (χ1n) is 11.2. The Kier molecular flexibility index (Phi) is 5.85. The number of aromatic nitrogens is 2. The van der Waals surface area contributed by atoms with Crippen LogP contribution in [-0.2, 0) is 4.79 Å². The molecule has 5 nitrogen and oxygen atoms in total. The van der Waals surface area contributed by atoms with Crippen LogP contribution in [0.4, 0.5) is 10.2 Å². The summed E-state index contributed by atoms with van der Waals surface area (Å²) in [6.07, 6.45) is 8.08. The Balaban J connectivity index is 1.35. The number of benzene rings is 1. The molecule has 3 aromatic rings. The highest BCUT2D eigenvalue weighted by atomic mass is 32.1. The van der Waals surface area contributed by atoms with Crippen molar-refractivity contribution in [3.8, 4) is 11.1 Å². The van der Waals surface area contributed by atoms with E-state index in [1.807, 2.05) is 0 Å². The number of carbonyl (C=O) groups excluding carboxylic acids is 1. The summed E-state index contributed by atoms with van der Waals surface area (Å²) in [5.74, 6) is 1.14. The Morgan fingerprint density at radius 1 is 0.968 bits per heavy atom. The fourth-order valence-corrected chi connectivity index (χ4v) is 5.74. The highest BCUT2D eigenvalue weighted by Crippen LogP contribution is 2.39.